The van der Waals surface area contributed by atoms with Gasteiger partial charge in [-0.05, 0) is 19.1 Å². The molecule has 3 aromatic rings. The maximum atomic E-state index is 12.0. The van der Waals surface area contributed by atoms with E-state index >= 15 is 0 Å². The number of carbonyl (C=O) groups excluding carboxylic acids is 1. The Bertz CT molecular complexity index is 921. The van der Waals surface area contributed by atoms with Crippen LogP contribution < -0.4 is 15.6 Å². The average Bonchev–Trinajstić information content (AvgIpc) is 3.03. The predicted molar refractivity (Wildman–Crippen MR) is 91.5 cm³/mol. The first-order chi connectivity index (χ1) is 11.7. The minimum Gasteiger partial charge on any atom is -0.494 e. The number of anilines is 1. The van der Waals surface area contributed by atoms with Crippen LogP contribution in [0.25, 0.3) is 11.2 Å². The van der Waals surface area contributed by atoms with Crippen molar-refractivity contribution in [3.63, 3.8) is 0 Å². The molecule has 0 saturated heterocycles. The molecule has 8 nitrogen and oxygen atoms in total. The van der Waals surface area contributed by atoms with Crippen molar-refractivity contribution in [3.8, 4) is 5.75 Å². The zero-order chi connectivity index (χ0) is 16.9. The van der Waals surface area contributed by atoms with Crippen LogP contribution in [-0.4, -0.2) is 38.2 Å². The average molecular weight is 345 g/mol. The van der Waals surface area contributed by atoms with Crippen molar-refractivity contribution < 1.29 is 9.53 Å². The monoisotopic (exact) mass is 345 g/mol. The van der Waals surface area contributed by atoms with Crippen molar-refractivity contribution in [2.45, 2.75) is 12.1 Å². The highest BCUT2D eigenvalue weighted by atomic mass is 32.2. The zero-order valence-electron chi connectivity index (χ0n) is 12.8. The molecule has 9 heteroatoms. The van der Waals surface area contributed by atoms with E-state index in [0.717, 1.165) is 11.8 Å². The Kier molecular flexibility index (Phi) is 4.80. The largest absolute Gasteiger partial charge is 0.494 e. The second-order valence-corrected chi connectivity index (χ2v) is 5.73. The first kappa shape index (κ1) is 16.1. The van der Waals surface area contributed by atoms with Crippen LogP contribution in [0.15, 0.2) is 40.5 Å². The van der Waals surface area contributed by atoms with E-state index in [1.54, 1.807) is 18.2 Å². The van der Waals surface area contributed by atoms with Crippen LogP contribution in [0.2, 0.25) is 0 Å². The maximum Gasteiger partial charge on any atom is 0.277 e. The number of ether oxygens (including phenoxy) is 1. The molecule has 0 bridgehead atoms. The van der Waals surface area contributed by atoms with Crippen molar-refractivity contribution in [1.29, 1.82) is 0 Å². The number of amides is 1. The number of fused-ring (bicyclic) bond motifs is 1. The number of H-pyrrole nitrogens is 2. The molecule has 0 aliphatic carbocycles. The smallest absolute Gasteiger partial charge is 0.277 e. The fourth-order valence-corrected chi connectivity index (χ4v) is 2.71. The van der Waals surface area contributed by atoms with Crippen molar-refractivity contribution in [1.82, 2.24) is 19.9 Å². The van der Waals surface area contributed by atoms with E-state index in [2.05, 4.69) is 25.3 Å². The summed E-state index contributed by atoms with van der Waals surface area (Å²) >= 11 is 1.13. The van der Waals surface area contributed by atoms with Crippen LogP contribution in [0, 0.1) is 0 Å². The van der Waals surface area contributed by atoms with E-state index in [1.165, 1.54) is 6.33 Å². The fourth-order valence-electron chi connectivity index (χ4n) is 2.05. The molecule has 2 aromatic heterocycles. The van der Waals surface area contributed by atoms with Crippen LogP contribution in [-0.2, 0) is 4.79 Å². The lowest BCUT2D eigenvalue weighted by Gasteiger charge is -2.07. The summed E-state index contributed by atoms with van der Waals surface area (Å²) in [6.07, 6.45) is 1.40. The molecule has 3 rings (SSSR count). The second kappa shape index (κ2) is 7.18. The number of nitrogens with zero attached hydrogens (tertiary/aromatic N) is 2. The number of hydrogen-bond acceptors (Lipinski definition) is 6. The molecule has 0 spiro atoms. The Hall–Kier alpha value is -2.81. The van der Waals surface area contributed by atoms with Gasteiger partial charge in [-0.15, -0.1) is 0 Å². The van der Waals surface area contributed by atoms with Gasteiger partial charge in [0, 0.05) is 11.8 Å². The number of hydrogen-bond donors (Lipinski definition) is 3. The standard InChI is InChI=1S/C15H15N5O3S/c1-2-23-10-5-3-4-9(6-10)18-11(21)7-24-15-19-13-12(14(22)20-15)16-8-17-13/h3-6,8H,2,7H2,1H3,(H,18,21)(H2,16,17,19,20,22). The molecule has 1 aromatic carbocycles. The lowest BCUT2D eigenvalue weighted by molar-refractivity contribution is -0.113. The summed E-state index contributed by atoms with van der Waals surface area (Å²) < 4.78 is 5.39. The lowest BCUT2D eigenvalue weighted by Crippen LogP contribution is -2.15. The van der Waals surface area contributed by atoms with Gasteiger partial charge in [0.15, 0.2) is 16.3 Å². The van der Waals surface area contributed by atoms with Crippen LogP contribution in [0.3, 0.4) is 0 Å². The molecule has 0 unspecified atom stereocenters. The SMILES string of the molecule is CCOc1cccc(NC(=O)CSc2nc3nc[nH]c3c(=O)[nH]2)c1. The summed E-state index contributed by atoms with van der Waals surface area (Å²) in [5, 5.41) is 3.12. The van der Waals surface area contributed by atoms with E-state index in [1.807, 2.05) is 13.0 Å². The van der Waals surface area contributed by atoms with Crippen LogP contribution in [0.5, 0.6) is 5.75 Å². The number of imidazole rings is 1. The molecule has 0 aliphatic heterocycles. The van der Waals surface area contributed by atoms with Gasteiger partial charge < -0.3 is 15.0 Å². The maximum absolute atomic E-state index is 12.0. The Morgan fingerprint density at radius 2 is 2.29 bits per heavy atom. The predicted octanol–water partition coefficient (Wildman–Crippen LogP) is 1.78. The summed E-state index contributed by atoms with van der Waals surface area (Å²) in [6, 6.07) is 7.16. The molecular weight excluding hydrogens is 330 g/mol. The van der Waals surface area contributed by atoms with Crippen LogP contribution >= 0.6 is 11.8 Å². The number of carbonyl (C=O) groups is 1. The summed E-state index contributed by atoms with van der Waals surface area (Å²) in [5.41, 5.74) is 0.975. The normalized spacial score (nSPS) is 10.7. The van der Waals surface area contributed by atoms with Gasteiger partial charge in [0.05, 0.1) is 18.7 Å². The van der Waals surface area contributed by atoms with Gasteiger partial charge in [-0.25, -0.2) is 9.97 Å². The minimum absolute atomic E-state index is 0.109. The third-order valence-electron chi connectivity index (χ3n) is 3.04. The van der Waals surface area contributed by atoms with Gasteiger partial charge in [-0.2, -0.15) is 0 Å². The van der Waals surface area contributed by atoms with E-state index in [9.17, 15) is 9.59 Å². The Morgan fingerprint density at radius 1 is 1.42 bits per heavy atom. The molecular formula is C15H15N5O3S. The topological polar surface area (TPSA) is 113 Å². The molecule has 0 radical (unpaired) electrons. The molecule has 0 fully saturated rings. The number of aromatic nitrogens is 4. The Morgan fingerprint density at radius 3 is 3.12 bits per heavy atom. The fraction of sp³-hybridized carbons (Fsp3) is 0.200. The highest BCUT2D eigenvalue weighted by Crippen LogP contribution is 2.18. The molecule has 0 atom stereocenters. The highest BCUT2D eigenvalue weighted by Gasteiger charge is 2.09. The minimum atomic E-state index is -0.315. The summed E-state index contributed by atoms with van der Waals surface area (Å²) in [6.45, 7) is 2.45. The van der Waals surface area contributed by atoms with Gasteiger partial charge in [-0.3, -0.25) is 14.6 Å². The van der Waals surface area contributed by atoms with E-state index in [4.69, 9.17) is 4.74 Å². The van der Waals surface area contributed by atoms with Crippen LogP contribution in [0.1, 0.15) is 6.92 Å². The Balaban J connectivity index is 1.62. The third-order valence-corrected chi connectivity index (χ3v) is 3.92. The Labute approximate surface area is 141 Å². The summed E-state index contributed by atoms with van der Waals surface area (Å²) in [5.74, 6) is 0.592. The van der Waals surface area contributed by atoms with E-state index < -0.39 is 0 Å². The molecule has 3 N–H and O–H groups in total. The lowest BCUT2D eigenvalue weighted by atomic mass is 10.3. The van der Waals surface area contributed by atoms with Crippen molar-refractivity contribution in [2.75, 3.05) is 17.7 Å². The van der Waals surface area contributed by atoms with Gasteiger partial charge in [0.1, 0.15) is 5.75 Å². The molecule has 2 heterocycles. The first-order valence-electron chi connectivity index (χ1n) is 7.24. The molecule has 24 heavy (non-hydrogen) atoms. The van der Waals surface area contributed by atoms with Gasteiger partial charge >= 0.3 is 0 Å². The molecule has 0 aliphatic rings. The summed E-state index contributed by atoms with van der Waals surface area (Å²) in [4.78, 5) is 37.3. The zero-order valence-corrected chi connectivity index (χ0v) is 13.6. The van der Waals surface area contributed by atoms with Gasteiger partial charge in [-0.1, -0.05) is 17.8 Å². The van der Waals surface area contributed by atoms with E-state index in [-0.39, 0.29) is 17.2 Å². The first-order valence-corrected chi connectivity index (χ1v) is 8.23. The molecule has 0 saturated carbocycles. The second-order valence-electron chi connectivity index (χ2n) is 4.77. The van der Waals surface area contributed by atoms with Crippen molar-refractivity contribution in [3.05, 3.63) is 40.9 Å². The number of benzene rings is 1. The molecule has 1 amide bonds. The summed E-state index contributed by atoms with van der Waals surface area (Å²) in [7, 11) is 0. The van der Waals surface area contributed by atoms with Gasteiger partial charge in [0.25, 0.3) is 5.56 Å². The van der Waals surface area contributed by atoms with E-state index in [0.29, 0.717) is 34.4 Å². The van der Waals surface area contributed by atoms with Crippen LogP contribution in [0.4, 0.5) is 5.69 Å². The number of aromatic amines is 2. The highest BCUT2D eigenvalue weighted by molar-refractivity contribution is 7.99. The third kappa shape index (κ3) is 3.74. The number of thioether (sulfide) groups is 1. The number of rotatable bonds is 6. The quantitative estimate of drug-likeness (QED) is 0.464. The van der Waals surface area contributed by atoms with Crippen molar-refractivity contribution in [2.24, 2.45) is 0 Å². The van der Waals surface area contributed by atoms with Crippen molar-refractivity contribution >= 4 is 34.5 Å². The molecule has 124 valence electrons. The number of nitrogens with one attached hydrogen (secondary N) is 3. The van der Waals surface area contributed by atoms with Gasteiger partial charge in [0.2, 0.25) is 5.91 Å².